The van der Waals surface area contributed by atoms with E-state index in [1.165, 1.54) is 9.71 Å². The largest absolute Gasteiger partial charge is 0.357 e. The summed E-state index contributed by atoms with van der Waals surface area (Å²) in [5, 5.41) is 15.9. The smallest absolute Gasteiger partial charge is 0.191 e. The molecule has 144 valence electrons. The van der Waals surface area contributed by atoms with Gasteiger partial charge in [-0.05, 0) is 25.5 Å². The summed E-state index contributed by atoms with van der Waals surface area (Å²) in [5.41, 5.74) is 1.09. The molecule has 2 aromatic heterocycles. The van der Waals surface area contributed by atoms with Crippen molar-refractivity contribution < 1.29 is 0 Å². The third-order valence-corrected chi connectivity index (χ3v) is 5.25. The minimum atomic E-state index is 0.776. The Morgan fingerprint density at radius 1 is 1.22 bits per heavy atom. The van der Waals surface area contributed by atoms with Gasteiger partial charge >= 0.3 is 0 Å². The molecule has 2 heterocycles. The van der Waals surface area contributed by atoms with Crippen LogP contribution in [0.15, 0.2) is 35.6 Å². The average molecular weight is 386 g/mol. The van der Waals surface area contributed by atoms with Crippen LogP contribution in [0.25, 0.3) is 10.2 Å². The van der Waals surface area contributed by atoms with Crippen LogP contribution in [0, 0.1) is 0 Å². The molecule has 0 spiro atoms. The lowest BCUT2D eigenvalue weighted by atomic mass is 10.3. The van der Waals surface area contributed by atoms with Gasteiger partial charge in [0.2, 0.25) is 0 Å². The Morgan fingerprint density at radius 2 is 2.11 bits per heavy atom. The van der Waals surface area contributed by atoms with Crippen LogP contribution in [0.5, 0.6) is 0 Å². The molecule has 0 aliphatic heterocycles. The fourth-order valence-corrected chi connectivity index (χ4v) is 3.83. The topological polar surface area (TPSA) is 80.0 Å². The van der Waals surface area contributed by atoms with E-state index in [9.17, 15) is 0 Å². The lowest BCUT2D eigenvalue weighted by Gasteiger charge is -2.12. The highest BCUT2D eigenvalue weighted by atomic mass is 32.1. The number of para-hydroxylation sites is 1. The van der Waals surface area contributed by atoms with Gasteiger partial charge in [-0.25, -0.2) is 4.98 Å². The highest BCUT2D eigenvalue weighted by molar-refractivity contribution is 7.18. The van der Waals surface area contributed by atoms with Crippen LogP contribution in [-0.4, -0.2) is 45.3 Å². The predicted molar refractivity (Wildman–Crippen MR) is 111 cm³/mol. The monoisotopic (exact) mass is 385 g/mol. The maximum Gasteiger partial charge on any atom is 0.191 e. The Kier molecular flexibility index (Phi) is 7.15. The number of aliphatic imine (C=N–C) groups is 1. The molecule has 7 nitrogen and oxygen atoms in total. The average Bonchev–Trinajstić information content (AvgIpc) is 3.31. The number of fused-ring (bicyclic) bond motifs is 1. The molecule has 1 aromatic carbocycles. The summed E-state index contributed by atoms with van der Waals surface area (Å²) < 4.78 is 3.33. The van der Waals surface area contributed by atoms with Gasteiger partial charge in [0.05, 0.1) is 15.2 Å². The summed E-state index contributed by atoms with van der Waals surface area (Å²) >= 11 is 1.78. The van der Waals surface area contributed by atoms with E-state index in [0.717, 1.165) is 62.7 Å². The van der Waals surface area contributed by atoms with Crippen molar-refractivity contribution in [1.82, 2.24) is 30.4 Å². The fraction of sp³-hybridized carbons (Fsp3) is 0.474. The van der Waals surface area contributed by atoms with Crippen molar-refractivity contribution in [3.8, 4) is 0 Å². The second-order valence-corrected chi connectivity index (χ2v) is 7.28. The number of benzene rings is 1. The molecule has 0 atom stereocenters. The van der Waals surface area contributed by atoms with E-state index >= 15 is 0 Å². The minimum Gasteiger partial charge on any atom is -0.357 e. The number of hydrogen-bond donors (Lipinski definition) is 2. The molecule has 27 heavy (non-hydrogen) atoms. The summed E-state index contributed by atoms with van der Waals surface area (Å²) in [4.78, 5) is 9.36. The van der Waals surface area contributed by atoms with Crippen molar-refractivity contribution in [2.24, 2.45) is 4.99 Å². The molecule has 3 aromatic rings. The maximum atomic E-state index is 4.68. The van der Waals surface area contributed by atoms with Gasteiger partial charge in [0, 0.05) is 39.0 Å². The van der Waals surface area contributed by atoms with Crippen LogP contribution in [0.1, 0.15) is 31.1 Å². The lowest BCUT2D eigenvalue weighted by Crippen LogP contribution is -2.39. The normalized spacial score (nSPS) is 11.9. The number of nitrogens with zero attached hydrogens (tertiary/aromatic N) is 5. The van der Waals surface area contributed by atoms with E-state index in [1.54, 1.807) is 17.7 Å². The van der Waals surface area contributed by atoms with Crippen LogP contribution >= 0.6 is 11.3 Å². The van der Waals surface area contributed by atoms with Crippen molar-refractivity contribution in [1.29, 1.82) is 0 Å². The van der Waals surface area contributed by atoms with Gasteiger partial charge in [-0.1, -0.05) is 19.1 Å². The van der Waals surface area contributed by atoms with Gasteiger partial charge in [0.25, 0.3) is 0 Å². The Balaban J connectivity index is 1.45. The maximum absolute atomic E-state index is 4.68. The van der Waals surface area contributed by atoms with Crippen LogP contribution in [0.4, 0.5) is 0 Å². The van der Waals surface area contributed by atoms with Crippen molar-refractivity contribution in [3.63, 3.8) is 0 Å². The third kappa shape index (κ3) is 5.50. The van der Waals surface area contributed by atoms with E-state index < -0.39 is 0 Å². The Morgan fingerprint density at radius 3 is 2.93 bits per heavy atom. The van der Waals surface area contributed by atoms with E-state index in [-0.39, 0.29) is 0 Å². The van der Waals surface area contributed by atoms with Crippen molar-refractivity contribution in [3.05, 3.63) is 41.4 Å². The number of nitrogens with one attached hydrogen (secondary N) is 2. The van der Waals surface area contributed by atoms with E-state index in [2.05, 4.69) is 67.4 Å². The SMILES string of the molecule is CCNC(=NCCCc1nc2ccccc2s1)NCCn1cnnc1CC. The van der Waals surface area contributed by atoms with Crippen LogP contribution in [0.3, 0.4) is 0 Å². The number of aromatic nitrogens is 4. The second kappa shape index (κ2) is 10.0. The summed E-state index contributed by atoms with van der Waals surface area (Å²) in [6.45, 7) is 7.40. The molecule has 0 fully saturated rings. The van der Waals surface area contributed by atoms with Crippen LogP contribution in [0.2, 0.25) is 0 Å². The highest BCUT2D eigenvalue weighted by Crippen LogP contribution is 2.22. The zero-order valence-corrected chi connectivity index (χ0v) is 16.8. The first-order valence-electron chi connectivity index (χ1n) is 9.53. The first-order valence-corrected chi connectivity index (χ1v) is 10.3. The Labute approximate surface area is 164 Å². The molecule has 0 saturated carbocycles. The zero-order valence-electron chi connectivity index (χ0n) is 16.0. The van der Waals surface area contributed by atoms with Crippen molar-refractivity contribution >= 4 is 27.5 Å². The lowest BCUT2D eigenvalue weighted by molar-refractivity contribution is 0.632. The van der Waals surface area contributed by atoms with E-state index in [4.69, 9.17) is 0 Å². The minimum absolute atomic E-state index is 0.776. The molecule has 0 aliphatic rings. The van der Waals surface area contributed by atoms with Crippen molar-refractivity contribution in [2.45, 2.75) is 39.7 Å². The molecule has 0 unspecified atom stereocenters. The standard InChI is InChI=1S/C19H27N7S/c1-3-17-25-23-14-26(17)13-12-22-19(20-4-2)21-11-7-10-18-24-15-8-5-6-9-16(15)27-18/h5-6,8-9,14H,3-4,7,10-13H2,1-2H3,(H2,20,21,22). The first kappa shape index (κ1) is 19.3. The van der Waals surface area contributed by atoms with Gasteiger partial charge < -0.3 is 15.2 Å². The molecule has 0 saturated heterocycles. The predicted octanol–water partition coefficient (Wildman–Crippen LogP) is 2.64. The van der Waals surface area contributed by atoms with Gasteiger partial charge in [-0.2, -0.15) is 0 Å². The summed E-state index contributed by atoms with van der Waals surface area (Å²) in [6.07, 6.45) is 4.62. The molecular formula is C19H27N7S. The van der Waals surface area contributed by atoms with Gasteiger partial charge in [-0.15, -0.1) is 21.5 Å². The van der Waals surface area contributed by atoms with Gasteiger partial charge in [0.1, 0.15) is 12.2 Å². The number of rotatable bonds is 9. The molecule has 0 bridgehead atoms. The second-order valence-electron chi connectivity index (χ2n) is 6.16. The molecule has 0 amide bonds. The molecule has 2 N–H and O–H groups in total. The summed E-state index contributed by atoms with van der Waals surface area (Å²) in [7, 11) is 0. The molecule has 3 rings (SSSR count). The van der Waals surface area contributed by atoms with E-state index in [1.807, 2.05) is 6.07 Å². The van der Waals surface area contributed by atoms with Crippen LogP contribution in [-0.2, 0) is 19.4 Å². The molecule has 0 radical (unpaired) electrons. The number of aryl methyl sites for hydroxylation is 2. The van der Waals surface area contributed by atoms with E-state index in [0.29, 0.717) is 0 Å². The fourth-order valence-electron chi connectivity index (χ4n) is 2.82. The summed E-state index contributed by atoms with van der Waals surface area (Å²) in [6, 6.07) is 8.29. The number of thiazole rings is 1. The molecule has 0 aliphatic carbocycles. The van der Waals surface area contributed by atoms with Crippen LogP contribution < -0.4 is 10.6 Å². The Hall–Kier alpha value is -2.48. The number of guanidine groups is 1. The first-order chi connectivity index (χ1) is 13.3. The number of hydrogen-bond acceptors (Lipinski definition) is 5. The van der Waals surface area contributed by atoms with Crippen molar-refractivity contribution in [2.75, 3.05) is 19.6 Å². The van der Waals surface area contributed by atoms with Gasteiger partial charge in [-0.3, -0.25) is 4.99 Å². The zero-order chi connectivity index (χ0) is 18.9. The Bertz CT molecular complexity index is 835. The quantitative estimate of drug-likeness (QED) is 0.336. The highest BCUT2D eigenvalue weighted by Gasteiger charge is 2.04. The molecule has 8 heteroatoms. The third-order valence-electron chi connectivity index (χ3n) is 4.16. The summed E-state index contributed by atoms with van der Waals surface area (Å²) in [5.74, 6) is 1.86. The van der Waals surface area contributed by atoms with Gasteiger partial charge in [0.15, 0.2) is 5.96 Å². The molecular weight excluding hydrogens is 358 g/mol.